The molecule has 13 heteroatoms. The van der Waals surface area contributed by atoms with E-state index in [1.54, 1.807) is 0 Å². The Balaban J connectivity index is 1.51. The number of carbonyl (C=O) groups excluding carboxylic acids is 3. The van der Waals surface area contributed by atoms with Crippen molar-refractivity contribution in [3.8, 4) is 0 Å². The molecule has 3 rings (SSSR count). The van der Waals surface area contributed by atoms with Gasteiger partial charge in [0.05, 0.1) is 0 Å². The molecule has 1 aliphatic heterocycles. The Morgan fingerprint density at radius 2 is 1.71 bits per heavy atom. The molecular formula is C29H39F3N6O3S. The van der Waals surface area contributed by atoms with Crippen LogP contribution in [0.25, 0.3) is 0 Å². The molecule has 3 atom stereocenters. The average Bonchev–Trinajstić information content (AvgIpc) is 3.44. The van der Waals surface area contributed by atoms with E-state index in [1.165, 1.54) is 16.7 Å². The van der Waals surface area contributed by atoms with Gasteiger partial charge in [-0.15, -0.1) is 11.8 Å². The molecule has 0 bridgehead atoms. The number of likely N-dealkylation sites (N-methyl/N-ethyl adjacent to an activating group) is 1. The molecule has 3 amide bonds. The van der Waals surface area contributed by atoms with Crippen molar-refractivity contribution in [2.24, 2.45) is 11.7 Å². The number of rotatable bonds is 14. The molecule has 1 fully saturated rings. The van der Waals surface area contributed by atoms with Gasteiger partial charge in [0.1, 0.15) is 11.9 Å². The van der Waals surface area contributed by atoms with Crippen LogP contribution in [-0.4, -0.2) is 72.5 Å². The van der Waals surface area contributed by atoms with Gasteiger partial charge < -0.3 is 31.9 Å². The van der Waals surface area contributed by atoms with Crippen LogP contribution in [0, 0.1) is 23.4 Å². The molecule has 1 heterocycles. The maximum atomic E-state index is 14.0. The van der Waals surface area contributed by atoms with E-state index < -0.39 is 34.9 Å². The van der Waals surface area contributed by atoms with E-state index in [0.29, 0.717) is 31.5 Å². The Morgan fingerprint density at radius 1 is 1.02 bits per heavy atom. The normalized spacial score (nSPS) is 16.3. The second-order valence-corrected chi connectivity index (χ2v) is 11.7. The molecule has 0 aromatic heterocycles. The van der Waals surface area contributed by atoms with Gasteiger partial charge in [-0.1, -0.05) is 26.0 Å². The highest BCUT2D eigenvalue weighted by Gasteiger charge is 2.35. The monoisotopic (exact) mass is 608 g/mol. The van der Waals surface area contributed by atoms with Gasteiger partial charge in [0, 0.05) is 56.1 Å². The molecule has 0 radical (unpaired) electrons. The third-order valence-corrected chi connectivity index (χ3v) is 8.01. The highest BCUT2D eigenvalue weighted by Crippen LogP contribution is 2.25. The van der Waals surface area contributed by atoms with E-state index >= 15 is 0 Å². The van der Waals surface area contributed by atoms with Crippen molar-refractivity contribution in [3.63, 3.8) is 0 Å². The summed E-state index contributed by atoms with van der Waals surface area (Å²) in [6, 6.07) is 7.33. The van der Waals surface area contributed by atoms with Gasteiger partial charge in [0.15, 0.2) is 17.0 Å². The maximum Gasteiger partial charge on any atom is 0.253 e. The predicted octanol–water partition coefficient (Wildman–Crippen LogP) is 2.35. The van der Waals surface area contributed by atoms with Gasteiger partial charge in [0.2, 0.25) is 11.8 Å². The molecule has 42 heavy (non-hydrogen) atoms. The van der Waals surface area contributed by atoms with E-state index in [0.717, 1.165) is 17.3 Å². The predicted molar refractivity (Wildman–Crippen MR) is 158 cm³/mol. The van der Waals surface area contributed by atoms with Crippen LogP contribution in [0.4, 0.5) is 18.9 Å². The highest BCUT2D eigenvalue weighted by atomic mass is 32.2. The summed E-state index contributed by atoms with van der Waals surface area (Å²) in [7, 11) is 1.82. The van der Waals surface area contributed by atoms with Crippen molar-refractivity contribution >= 4 is 35.2 Å². The maximum absolute atomic E-state index is 14.0. The number of nitrogens with zero attached hydrogens (tertiary/aromatic N) is 1. The minimum Gasteiger partial charge on any atom is -0.373 e. The van der Waals surface area contributed by atoms with Crippen molar-refractivity contribution in [1.29, 1.82) is 0 Å². The number of hydrogen-bond acceptors (Lipinski definition) is 7. The van der Waals surface area contributed by atoms with Crippen LogP contribution < -0.4 is 27.0 Å². The van der Waals surface area contributed by atoms with Gasteiger partial charge in [-0.3, -0.25) is 14.4 Å². The first-order valence-corrected chi connectivity index (χ1v) is 14.9. The van der Waals surface area contributed by atoms with Crippen LogP contribution in [0.5, 0.6) is 0 Å². The number of amides is 3. The number of hydrogen-bond donors (Lipinski definition) is 5. The minimum absolute atomic E-state index is 0.0646. The average molecular weight is 609 g/mol. The lowest BCUT2D eigenvalue weighted by atomic mass is 10.0. The van der Waals surface area contributed by atoms with Crippen LogP contribution in [0.2, 0.25) is 0 Å². The molecule has 3 unspecified atom stereocenters. The first-order chi connectivity index (χ1) is 20.0. The van der Waals surface area contributed by atoms with Crippen molar-refractivity contribution in [1.82, 2.24) is 20.9 Å². The van der Waals surface area contributed by atoms with Crippen molar-refractivity contribution < 1.29 is 27.6 Å². The van der Waals surface area contributed by atoms with E-state index in [4.69, 9.17) is 5.73 Å². The third-order valence-electron chi connectivity index (χ3n) is 6.81. The topological polar surface area (TPSA) is 129 Å². The fourth-order valence-corrected chi connectivity index (χ4v) is 5.65. The molecule has 0 spiro atoms. The van der Waals surface area contributed by atoms with Gasteiger partial charge in [0.25, 0.3) is 5.91 Å². The highest BCUT2D eigenvalue weighted by molar-refractivity contribution is 8.00. The molecule has 0 aliphatic carbocycles. The van der Waals surface area contributed by atoms with Gasteiger partial charge >= 0.3 is 0 Å². The number of nitrogens with two attached hydrogens (primary N) is 1. The Labute approximate surface area is 248 Å². The lowest BCUT2D eigenvalue weighted by Gasteiger charge is -2.25. The summed E-state index contributed by atoms with van der Waals surface area (Å²) in [4.78, 5) is 39.9. The minimum atomic E-state index is -1.29. The number of halogens is 3. The summed E-state index contributed by atoms with van der Waals surface area (Å²) in [5.41, 5.74) is 7.52. The molecule has 2 aromatic carbocycles. The zero-order valence-electron chi connectivity index (χ0n) is 24.0. The SMILES string of the molecule is CNCCNC(=O)C(Nc1ccc(CNC(=O)C2SCCN2C(=O)CC(N)Cc2cc(F)c(F)cc2F)cc1)C(C)C. The molecule has 230 valence electrons. The lowest BCUT2D eigenvalue weighted by molar-refractivity contribution is -0.136. The Hall–Kier alpha value is -3.29. The van der Waals surface area contributed by atoms with Gasteiger partial charge in [-0.2, -0.15) is 0 Å². The quantitative estimate of drug-likeness (QED) is 0.165. The number of anilines is 1. The standard InChI is InChI=1S/C29H39F3N6O3S/c1-17(2)26(27(40)35-9-8-34-3)37-21-6-4-18(5-7-21)16-36-28(41)29-38(10-11-42-29)25(39)14-20(33)12-19-13-23(31)24(32)15-22(19)30/h4-7,13,15,17,20,26,29,34,37H,8-12,14,16,33H2,1-3H3,(H,35,40)(H,36,41). The molecule has 1 aliphatic rings. The Morgan fingerprint density at radius 3 is 2.38 bits per heavy atom. The number of carbonyl (C=O) groups is 3. The zero-order valence-corrected chi connectivity index (χ0v) is 24.8. The molecular weight excluding hydrogens is 569 g/mol. The molecule has 9 nitrogen and oxygen atoms in total. The second-order valence-electron chi connectivity index (χ2n) is 10.5. The first-order valence-electron chi connectivity index (χ1n) is 13.9. The van der Waals surface area contributed by atoms with Crippen molar-refractivity contribution in [2.75, 3.05) is 37.8 Å². The Kier molecular flexibility index (Phi) is 12.5. The molecule has 1 saturated heterocycles. The van der Waals surface area contributed by atoms with Crippen LogP contribution in [0.1, 0.15) is 31.4 Å². The van der Waals surface area contributed by atoms with Gasteiger partial charge in [-0.25, -0.2) is 13.2 Å². The van der Waals surface area contributed by atoms with Gasteiger partial charge in [-0.05, 0) is 48.7 Å². The summed E-state index contributed by atoms with van der Waals surface area (Å²) in [5.74, 6) is -3.57. The smallest absolute Gasteiger partial charge is 0.253 e. The van der Waals surface area contributed by atoms with Crippen LogP contribution in [0.3, 0.4) is 0 Å². The number of benzene rings is 2. The van der Waals surface area contributed by atoms with E-state index in [-0.39, 0.29) is 48.6 Å². The summed E-state index contributed by atoms with van der Waals surface area (Å²) < 4.78 is 40.7. The first kappa shape index (κ1) is 33.2. The third kappa shape index (κ3) is 9.36. The van der Waals surface area contributed by atoms with Crippen molar-refractivity contribution in [3.05, 3.63) is 65.0 Å². The fraction of sp³-hybridized carbons (Fsp3) is 0.483. The number of thioether (sulfide) groups is 1. The van der Waals surface area contributed by atoms with E-state index in [9.17, 15) is 27.6 Å². The summed E-state index contributed by atoms with van der Waals surface area (Å²) >= 11 is 1.33. The largest absolute Gasteiger partial charge is 0.373 e. The van der Waals surface area contributed by atoms with Crippen LogP contribution in [0.15, 0.2) is 36.4 Å². The number of nitrogens with one attached hydrogen (secondary N) is 4. The summed E-state index contributed by atoms with van der Waals surface area (Å²) in [6.07, 6.45) is -0.335. The van der Waals surface area contributed by atoms with Crippen LogP contribution >= 0.6 is 11.8 Å². The second kappa shape index (κ2) is 15.8. The summed E-state index contributed by atoms with van der Waals surface area (Å²) in [5, 5.41) is 11.3. The summed E-state index contributed by atoms with van der Waals surface area (Å²) in [6.45, 7) is 5.74. The Bertz CT molecular complexity index is 1230. The van der Waals surface area contributed by atoms with Crippen LogP contribution in [-0.2, 0) is 27.3 Å². The fourth-order valence-electron chi connectivity index (χ4n) is 4.49. The van der Waals surface area contributed by atoms with E-state index in [1.807, 2.05) is 45.2 Å². The molecule has 0 saturated carbocycles. The lowest BCUT2D eigenvalue weighted by Crippen LogP contribution is -2.46. The van der Waals surface area contributed by atoms with Crippen molar-refractivity contribution in [2.45, 2.75) is 50.7 Å². The van der Waals surface area contributed by atoms with E-state index in [2.05, 4.69) is 21.3 Å². The molecule has 6 N–H and O–H groups in total. The molecule has 2 aromatic rings. The zero-order chi connectivity index (χ0) is 30.8.